The van der Waals surface area contributed by atoms with Crippen LogP contribution in [0.15, 0.2) is 18.2 Å². The van der Waals surface area contributed by atoms with Crippen LogP contribution in [0.25, 0.3) is 11.0 Å². The highest BCUT2D eigenvalue weighted by Crippen LogP contribution is 2.30. The first kappa shape index (κ1) is 13.1. The zero-order valence-corrected chi connectivity index (χ0v) is 11.9. The summed E-state index contributed by atoms with van der Waals surface area (Å²) in [7, 11) is 0. The Hall–Kier alpha value is -1.88. The number of para-hydroxylation sites is 1. The summed E-state index contributed by atoms with van der Waals surface area (Å²) in [6.07, 6.45) is 2.63. The predicted molar refractivity (Wildman–Crippen MR) is 78.4 cm³/mol. The molecule has 1 saturated carbocycles. The summed E-state index contributed by atoms with van der Waals surface area (Å²) in [5.41, 5.74) is 7.10. The molecule has 0 atom stereocenters. The highest BCUT2D eigenvalue weighted by Gasteiger charge is 2.28. The van der Waals surface area contributed by atoms with Gasteiger partial charge in [0.1, 0.15) is 11.3 Å². The van der Waals surface area contributed by atoms with Crippen LogP contribution < -0.4 is 11.1 Å². The van der Waals surface area contributed by atoms with Gasteiger partial charge in [0.25, 0.3) is 5.91 Å². The van der Waals surface area contributed by atoms with Gasteiger partial charge in [-0.3, -0.25) is 4.79 Å². The van der Waals surface area contributed by atoms with E-state index in [-0.39, 0.29) is 5.54 Å². The van der Waals surface area contributed by atoms with Gasteiger partial charge < -0.3 is 16.0 Å². The molecule has 1 aromatic heterocycles. The number of benzene rings is 1. The zero-order valence-electron chi connectivity index (χ0n) is 11.9. The summed E-state index contributed by atoms with van der Waals surface area (Å²) in [6, 6.07) is 5.43. The largest absolute Gasteiger partial charge is 0.366 e. The lowest BCUT2D eigenvalue weighted by Crippen LogP contribution is -2.38. The van der Waals surface area contributed by atoms with E-state index in [1.165, 1.54) is 12.8 Å². The van der Waals surface area contributed by atoms with Crippen molar-refractivity contribution >= 4 is 16.9 Å². The SMILES string of the molecule is CC(C)(NCC1CC1)c1nc2c(C(N)=O)cccc2[nH]1. The number of aromatic nitrogens is 2. The number of hydrogen-bond donors (Lipinski definition) is 3. The molecule has 1 aliphatic carbocycles. The van der Waals surface area contributed by atoms with Crippen molar-refractivity contribution in [2.75, 3.05) is 6.54 Å². The lowest BCUT2D eigenvalue weighted by atomic mass is 10.0. The van der Waals surface area contributed by atoms with Gasteiger partial charge in [0.2, 0.25) is 0 Å². The van der Waals surface area contributed by atoms with Gasteiger partial charge in [-0.25, -0.2) is 4.98 Å². The lowest BCUT2D eigenvalue weighted by molar-refractivity contribution is 0.100. The Bertz CT molecular complexity index is 655. The van der Waals surface area contributed by atoms with E-state index in [0.29, 0.717) is 11.1 Å². The van der Waals surface area contributed by atoms with Crippen molar-refractivity contribution in [1.82, 2.24) is 15.3 Å². The van der Waals surface area contributed by atoms with E-state index >= 15 is 0 Å². The van der Waals surface area contributed by atoms with Crippen molar-refractivity contribution in [3.8, 4) is 0 Å². The number of rotatable bonds is 5. The number of carbonyl (C=O) groups is 1. The number of fused-ring (bicyclic) bond motifs is 1. The van der Waals surface area contributed by atoms with Crippen LogP contribution in [0.4, 0.5) is 0 Å². The van der Waals surface area contributed by atoms with Crippen LogP contribution >= 0.6 is 0 Å². The molecule has 5 heteroatoms. The number of hydrogen-bond acceptors (Lipinski definition) is 3. The molecule has 0 radical (unpaired) electrons. The minimum atomic E-state index is -0.447. The molecule has 0 unspecified atom stereocenters. The summed E-state index contributed by atoms with van der Waals surface area (Å²) in [5.74, 6) is 1.19. The third-order valence-electron chi connectivity index (χ3n) is 3.90. The molecular formula is C15H20N4O. The topological polar surface area (TPSA) is 83.8 Å². The van der Waals surface area contributed by atoms with Crippen LogP contribution in [0, 0.1) is 5.92 Å². The zero-order chi connectivity index (χ0) is 14.3. The Kier molecular flexibility index (Phi) is 3.01. The molecule has 5 nitrogen and oxygen atoms in total. The molecule has 20 heavy (non-hydrogen) atoms. The molecule has 1 heterocycles. The normalized spacial score (nSPS) is 15.7. The number of nitrogens with zero attached hydrogens (tertiary/aromatic N) is 1. The van der Waals surface area contributed by atoms with E-state index in [2.05, 4.69) is 29.1 Å². The van der Waals surface area contributed by atoms with Crippen molar-refractivity contribution in [2.45, 2.75) is 32.2 Å². The van der Waals surface area contributed by atoms with Crippen LogP contribution in [0.2, 0.25) is 0 Å². The first-order valence-corrected chi connectivity index (χ1v) is 7.01. The Morgan fingerprint density at radius 1 is 1.50 bits per heavy atom. The van der Waals surface area contributed by atoms with Gasteiger partial charge in [0.05, 0.1) is 16.6 Å². The number of imidazole rings is 1. The van der Waals surface area contributed by atoms with E-state index in [1.54, 1.807) is 6.07 Å². The minimum absolute atomic E-state index is 0.253. The Morgan fingerprint density at radius 3 is 2.90 bits per heavy atom. The summed E-state index contributed by atoms with van der Waals surface area (Å²) >= 11 is 0. The summed E-state index contributed by atoms with van der Waals surface area (Å²) in [5, 5.41) is 3.54. The minimum Gasteiger partial charge on any atom is -0.366 e. The van der Waals surface area contributed by atoms with Crippen molar-refractivity contribution in [3.63, 3.8) is 0 Å². The molecule has 2 aromatic rings. The molecule has 1 fully saturated rings. The van der Waals surface area contributed by atoms with E-state index in [1.807, 2.05) is 12.1 Å². The average molecular weight is 272 g/mol. The van der Waals surface area contributed by atoms with Gasteiger partial charge in [-0.05, 0) is 51.3 Å². The van der Waals surface area contributed by atoms with Crippen molar-refractivity contribution in [2.24, 2.45) is 11.7 Å². The third kappa shape index (κ3) is 2.41. The second-order valence-corrected chi connectivity index (χ2v) is 6.10. The van der Waals surface area contributed by atoms with Crippen LogP contribution in [-0.4, -0.2) is 22.4 Å². The third-order valence-corrected chi connectivity index (χ3v) is 3.90. The average Bonchev–Trinajstić information content (AvgIpc) is 3.12. The fourth-order valence-electron chi connectivity index (χ4n) is 2.33. The van der Waals surface area contributed by atoms with Gasteiger partial charge in [0, 0.05) is 0 Å². The maximum absolute atomic E-state index is 11.4. The standard InChI is InChI=1S/C15H20N4O/c1-15(2,17-8-9-6-7-9)14-18-11-5-3-4-10(13(16)20)12(11)19-14/h3-5,9,17H,6-8H2,1-2H3,(H2,16,20)(H,18,19). The summed E-state index contributed by atoms with van der Waals surface area (Å²) in [6.45, 7) is 5.20. The first-order valence-electron chi connectivity index (χ1n) is 7.01. The van der Waals surface area contributed by atoms with E-state index in [0.717, 1.165) is 23.8 Å². The Balaban J connectivity index is 1.94. The molecule has 3 rings (SSSR count). The smallest absolute Gasteiger partial charge is 0.250 e. The van der Waals surface area contributed by atoms with Crippen molar-refractivity contribution < 1.29 is 4.79 Å². The number of aromatic amines is 1. The molecule has 0 spiro atoms. The van der Waals surface area contributed by atoms with Crippen molar-refractivity contribution in [3.05, 3.63) is 29.6 Å². The quantitative estimate of drug-likeness (QED) is 0.777. The number of H-pyrrole nitrogens is 1. The molecule has 0 bridgehead atoms. The molecule has 4 N–H and O–H groups in total. The van der Waals surface area contributed by atoms with E-state index < -0.39 is 5.91 Å². The van der Waals surface area contributed by atoms with E-state index in [9.17, 15) is 4.79 Å². The highest BCUT2D eigenvalue weighted by atomic mass is 16.1. The van der Waals surface area contributed by atoms with Gasteiger partial charge >= 0.3 is 0 Å². The molecule has 106 valence electrons. The maximum atomic E-state index is 11.4. The number of nitrogens with two attached hydrogens (primary N) is 1. The molecule has 0 saturated heterocycles. The highest BCUT2D eigenvalue weighted by molar-refractivity contribution is 6.04. The second kappa shape index (κ2) is 4.59. The van der Waals surface area contributed by atoms with Crippen LogP contribution in [-0.2, 0) is 5.54 Å². The fraction of sp³-hybridized carbons (Fsp3) is 0.467. The van der Waals surface area contributed by atoms with Crippen molar-refractivity contribution in [1.29, 1.82) is 0 Å². The predicted octanol–water partition coefficient (Wildman–Crippen LogP) is 1.90. The second-order valence-electron chi connectivity index (χ2n) is 6.10. The molecular weight excluding hydrogens is 252 g/mol. The number of primary amides is 1. The number of carbonyl (C=O) groups excluding carboxylic acids is 1. The monoisotopic (exact) mass is 272 g/mol. The van der Waals surface area contributed by atoms with Gasteiger partial charge in [-0.1, -0.05) is 6.07 Å². The van der Waals surface area contributed by atoms with Gasteiger partial charge in [0.15, 0.2) is 0 Å². The molecule has 1 amide bonds. The summed E-state index contributed by atoms with van der Waals surface area (Å²) < 4.78 is 0. The van der Waals surface area contributed by atoms with Gasteiger partial charge in [-0.2, -0.15) is 0 Å². The fourth-order valence-corrected chi connectivity index (χ4v) is 2.33. The molecule has 0 aliphatic heterocycles. The molecule has 1 aromatic carbocycles. The van der Waals surface area contributed by atoms with E-state index in [4.69, 9.17) is 5.73 Å². The Labute approximate surface area is 118 Å². The van der Waals surface area contributed by atoms with Gasteiger partial charge in [-0.15, -0.1) is 0 Å². The number of amides is 1. The van der Waals surface area contributed by atoms with Crippen LogP contribution in [0.1, 0.15) is 42.9 Å². The molecule has 1 aliphatic rings. The van der Waals surface area contributed by atoms with Crippen LogP contribution in [0.3, 0.4) is 0 Å². The maximum Gasteiger partial charge on any atom is 0.250 e. The number of nitrogens with one attached hydrogen (secondary N) is 2. The summed E-state index contributed by atoms with van der Waals surface area (Å²) in [4.78, 5) is 19.3. The first-order chi connectivity index (χ1) is 9.47. The lowest BCUT2D eigenvalue weighted by Gasteiger charge is -2.24. The van der Waals surface area contributed by atoms with Crippen LogP contribution in [0.5, 0.6) is 0 Å². The Morgan fingerprint density at radius 2 is 2.25 bits per heavy atom.